The number of ether oxygens (including phenoxy) is 3. The number of anilines is 3. The van der Waals surface area contributed by atoms with Gasteiger partial charge in [-0.15, -0.1) is 0 Å². The van der Waals surface area contributed by atoms with Gasteiger partial charge in [0, 0.05) is 46.5 Å². The third-order valence-corrected chi connectivity index (χ3v) is 9.00. The highest BCUT2D eigenvalue weighted by Crippen LogP contribution is 2.55. The van der Waals surface area contributed by atoms with Gasteiger partial charge in [0.05, 0.1) is 22.6 Å². The Balaban J connectivity index is 1.78. The van der Waals surface area contributed by atoms with E-state index in [4.69, 9.17) is 14.2 Å². The van der Waals surface area contributed by atoms with E-state index in [1.807, 2.05) is 0 Å². The van der Waals surface area contributed by atoms with Crippen LogP contribution in [0.15, 0.2) is 44.6 Å². The van der Waals surface area contributed by atoms with Gasteiger partial charge < -0.3 is 24.4 Å². The van der Waals surface area contributed by atoms with Crippen LogP contribution in [0.25, 0.3) is 0 Å². The number of piperidine rings is 1. The summed E-state index contributed by atoms with van der Waals surface area (Å²) in [5.74, 6) is 0. The summed E-state index contributed by atoms with van der Waals surface area (Å²) in [6.45, 7) is 17.3. The molecule has 0 unspecified atom stereocenters. The predicted molar refractivity (Wildman–Crippen MR) is 190 cm³/mol. The Morgan fingerprint density at radius 3 is 2.04 bits per heavy atom. The number of hydrogen-bond donors (Lipinski definition) is 1. The van der Waals surface area contributed by atoms with Crippen LogP contribution in [0.3, 0.4) is 0 Å². The molecule has 0 atom stereocenters. The van der Waals surface area contributed by atoms with Crippen molar-refractivity contribution in [2.75, 3.05) is 36.0 Å². The maximum Gasteiger partial charge on any atom is 0.419 e. The summed E-state index contributed by atoms with van der Waals surface area (Å²) in [6, 6.07) is 6.47. The number of likely N-dealkylation sites (tertiary alicyclic amines) is 1. The second-order valence-corrected chi connectivity index (χ2v) is 17.2. The summed E-state index contributed by atoms with van der Waals surface area (Å²) in [5.41, 5.74) is -3.11. The maximum atomic E-state index is 14.6. The first-order valence-corrected chi connectivity index (χ1v) is 18.0. The summed E-state index contributed by atoms with van der Waals surface area (Å²) in [6.07, 6.45) is -6.15. The Morgan fingerprint density at radius 2 is 1.48 bits per heavy atom. The molecule has 1 N–H and O–H groups in total. The normalized spacial score (nSPS) is 15.9. The number of rotatable bonds is 5. The van der Waals surface area contributed by atoms with Crippen molar-refractivity contribution in [2.45, 2.75) is 114 Å². The number of nitrogens with zero attached hydrogens (tertiary/aromatic N) is 3. The van der Waals surface area contributed by atoms with Crippen LogP contribution in [0.2, 0.25) is 0 Å². The van der Waals surface area contributed by atoms with Crippen LogP contribution in [0.5, 0.6) is 0 Å². The first kappa shape index (κ1) is 39.6. The van der Waals surface area contributed by atoms with Gasteiger partial charge in [-0.1, -0.05) is 27.7 Å². The number of fused-ring (bicyclic) bond motifs is 2. The smallest absolute Gasteiger partial charge is 0.419 e. The van der Waals surface area contributed by atoms with Crippen molar-refractivity contribution >= 4 is 63.0 Å². The summed E-state index contributed by atoms with van der Waals surface area (Å²) < 4.78 is 61.3. The predicted octanol–water partition coefficient (Wildman–Crippen LogP) is 9.74. The van der Waals surface area contributed by atoms with Gasteiger partial charge in [0.1, 0.15) is 16.8 Å². The van der Waals surface area contributed by atoms with Crippen molar-refractivity contribution < 1.29 is 41.8 Å². The molecule has 2 aliphatic heterocycles. The summed E-state index contributed by atoms with van der Waals surface area (Å²) >= 11 is 4.50. The van der Waals surface area contributed by atoms with E-state index >= 15 is 0 Å². The molecule has 2 aromatic carbocycles. The molecule has 276 valence electrons. The number of nitrogens with one attached hydrogen (secondary N) is 1. The third-order valence-electron chi connectivity index (χ3n) is 7.43. The molecule has 0 bridgehead atoms. The Morgan fingerprint density at radius 1 is 0.880 bits per heavy atom. The number of alkyl carbamates (subject to hydrolysis) is 1. The summed E-state index contributed by atoms with van der Waals surface area (Å²) in [4.78, 5) is 45.5. The molecular weight excluding hydrogens is 741 g/mol. The Hall–Kier alpha value is -3.17. The fourth-order valence-corrected chi connectivity index (χ4v) is 7.20. The van der Waals surface area contributed by atoms with Gasteiger partial charge in [0.25, 0.3) is 0 Å². The lowest BCUT2D eigenvalue weighted by atomic mass is 10.0. The molecule has 0 spiro atoms. The van der Waals surface area contributed by atoms with Crippen molar-refractivity contribution in [3.05, 3.63) is 40.4 Å². The van der Waals surface area contributed by atoms with Crippen molar-refractivity contribution in [3.63, 3.8) is 0 Å². The summed E-state index contributed by atoms with van der Waals surface area (Å²) in [7, 11) is 0. The van der Waals surface area contributed by atoms with Crippen molar-refractivity contribution in [1.29, 1.82) is 0 Å². The SMILES string of the molecule is CC(C)(C)OC(=O)NCCN1CCC(N(C(=O)OC(C)(C)C)c2cc(C(F)(F)F)cc3c2N(C(=O)OC(C)(C)C)c2ccc(Br)cc2S3)CC1. The number of amides is 3. The van der Waals surface area contributed by atoms with Crippen LogP contribution in [-0.4, -0.2) is 72.2 Å². The Kier molecular flexibility index (Phi) is 11.7. The molecule has 0 aromatic heterocycles. The zero-order valence-corrected chi connectivity index (χ0v) is 32.3. The molecule has 2 heterocycles. The second kappa shape index (κ2) is 14.8. The molecule has 1 fully saturated rings. The van der Waals surface area contributed by atoms with Crippen molar-refractivity contribution in [1.82, 2.24) is 10.2 Å². The van der Waals surface area contributed by atoms with Gasteiger partial charge in [-0.3, -0.25) is 4.90 Å². The van der Waals surface area contributed by atoms with Crippen molar-refractivity contribution in [2.24, 2.45) is 0 Å². The number of halogens is 4. The average Bonchev–Trinajstić information content (AvgIpc) is 2.93. The van der Waals surface area contributed by atoms with Gasteiger partial charge in [-0.25, -0.2) is 19.3 Å². The number of carbonyl (C=O) groups excluding carboxylic acids is 3. The zero-order valence-electron chi connectivity index (χ0n) is 29.9. The van der Waals surface area contributed by atoms with E-state index in [0.717, 1.165) is 23.9 Å². The largest absolute Gasteiger partial charge is 0.444 e. The quantitative estimate of drug-likeness (QED) is 0.299. The first-order valence-electron chi connectivity index (χ1n) is 16.4. The molecule has 1 saturated heterocycles. The fourth-order valence-electron chi connectivity index (χ4n) is 5.52. The standard InChI is InChI=1S/C35H46BrF3N4O6S/c1-32(2,3)47-29(44)40-14-17-41-15-12-23(13-16-41)42(30(45)48-33(4,5)6)25-18-21(35(37,38)39)19-27-28(25)43(31(46)49-34(7,8)9)24-11-10-22(36)20-26(24)50-27/h10-11,18-20,23H,12-17H2,1-9H3,(H,40,44). The molecule has 0 aliphatic carbocycles. The lowest BCUT2D eigenvalue weighted by Crippen LogP contribution is -2.50. The van der Waals surface area contributed by atoms with Gasteiger partial charge in [0.15, 0.2) is 0 Å². The molecule has 3 amide bonds. The minimum atomic E-state index is -4.76. The van der Waals surface area contributed by atoms with Crippen LogP contribution in [0.1, 0.15) is 80.7 Å². The molecule has 2 aliphatic rings. The molecular formula is C35H46BrF3N4O6S. The van der Waals surface area contributed by atoms with Crippen LogP contribution in [0.4, 0.5) is 44.6 Å². The van der Waals surface area contributed by atoms with Crippen LogP contribution < -0.4 is 15.1 Å². The lowest BCUT2D eigenvalue weighted by Gasteiger charge is -2.42. The highest BCUT2D eigenvalue weighted by atomic mass is 79.9. The topological polar surface area (TPSA) is 101 Å². The molecule has 0 saturated carbocycles. The van der Waals surface area contributed by atoms with Gasteiger partial charge >= 0.3 is 24.5 Å². The Labute approximate surface area is 304 Å². The van der Waals surface area contributed by atoms with E-state index in [0.29, 0.717) is 54.1 Å². The molecule has 4 rings (SSSR count). The zero-order chi connectivity index (χ0) is 37.4. The minimum Gasteiger partial charge on any atom is -0.444 e. The first-order chi connectivity index (χ1) is 22.9. The van der Waals surface area contributed by atoms with E-state index in [-0.39, 0.29) is 16.3 Å². The van der Waals surface area contributed by atoms with Crippen LogP contribution in [0, 0.1) is 0 Å². The number of alkyl halides is 3. The number of carbonyl (C=O) groups is 3. The molecule has 10 nitrogen and oxygen atoms in total. The van der Waals surface area contributed by atoms with Crippen molar-refractivity contribution in [3.8, 4) is 0 Å². The minimum absolute atomic E-state index is 0.0990. The Bertz CT molecular complexity index is 1590. The van der Waals surface area contributed by atoms with E-state index in [1.54, 1.807) is 80.5 Å². The molecule has 2 aromatic rings. The third kappa shape index (κ3) is 10.4. The van der Waals surface area contributed by atoms with Gasteiger partial charge in [-0.2, -0.15) is 13.2 Å². The highest BCUT2D eigenvalue weighted by molar-refractivity contribution is 9.10. The summed E-state index contributed by atoms with van der Waals surface area (Å²) in [5, 5.41) is 2.74. The monoisotopic (exact) mass is 786 g/mol. The lowest BCUT2D eigenvalue weighted by molar-refractivity contribution is -0.137. The molecule has 50 heavy (non-hydrogen) atoms. The number of hydrogen-bond acceptors (Lipinski definition) is 8. The van der Waals surface area contributed by atoms with E-state index in [1.165, 1.54) is 9.80 Å². The van der Waals surface area contributed by atoms with E-state index in [9.17, 15) is 27.6 Å². The van der Waals surface area contributed by atoms with Crippen LogP contribution >= 0.6 is 27.7 Å². The maximum absolute atomic E-state index is 14.6. The van der Waals surface area contributed by atoms with Gasteiger partial charge in [0.2, 0.25) is 0 Å². The average molecular weight is 788 g/mol. The molecule has 0 radical (unpaired) electrons. The van der Waals surface area contributed by atoms with E-state index < -0.39 is 52.9 Å². The van der Waals surface area contributed by atoms with Gasteiger partial charge in [-0.05, 0) is 105 Å². The van der Waals surface area contributed by atoms with Crippen LogP contribution in [-0.2, 0) is 20.4 Å². The second-order valence-electron chi connectivity index (χ2n) is 15.2. The number of benzene rings is 2. The molecule has 15 heteroatoms. The highest BCUT2D eigenvalue weighted by Gasteiger charge is 2.42. The fraction of sp³-hybridized carbons (Fsp3) is 0.571. The van der Waals surface area contributed by atoms with E-state index in [2.05, 4.69) is 26.1 Å².